The number of hydrogen-bond donors (Lipinski definition) is 1. The Morgan fingerprint density at radius 1 is 1.54 bits per heavy atom. The molecule has 1 nitrogen and oxygen atoms in total. The molecule has 0 bridgehead atoms. The normalized spacial score (nSPS) is 12.9. The van der Waals surface area contributed by atoms with Crippen LogP contribution in [0.3, 0.4) is 0 Å². The van der Waals surface area contributed by atoms with Crippen molar-refractivity contribution in [2.75, 3.05) is 0 Å². The summed E-state index contributed by atoms with van der Waals surface area (Å²) >= 11 is 5.57. The minimum Gasteiger partial charge on any atom is -0.388 e. The molecule has 1 rings (SSSR count). The highest BCUT2D eigenvalue weighted by Gasteiger charge is 2.08. The average Bonchev–Trinajstić information content (AvgIpc) is 2.10. The number of aliphatic hydroxyl groups excluding tert-OH is 1. The molecule has 1 N–H and O–H groups in total. The summed E-state index contributed by atoms with van der Waals surface area (Å²) in [5, 5.41) is 9.62. The van der Waals surface area contributed by atoms with E-state index in [1.165, 1.54) is 12.1 Å². The highest BCUT2D eigenvalue weighted by molar-refractivity contribution is 6.30. The van der Waals surface area contributed by atoms with Gasteiger partial charge >= 0.3 is 0 Å². The number of hydrogen-bond acceptors (Lipinski definition) is 1. The molecule has 0 amide bonds. The van der Waals surface area contributed by atoms with Gasteiger partial charge in [0.25, 0.3) is 0 Å². The van der Waals surface area contributed by atoms with Gasteiger partial charge in [-0.15, -0.1) is 0 Å². The third-order valence-electron chi connectivity index (χ3n) is 1.89. The fourth-order valence-electron chi connectivity index (χ4n) is 1.16. The molecule has 0 heterocycles. The summed E-state index contributed by atoms with van der Waals surface area (Å²) in [4.78, 5) is 0. The topological polar surface area (TPSA) is 20.2 Å². The van der Waals surface area contributed by atoms with E-state index in [-0.39, 0.29) is 5.02 Å². The van der Waals surface area contributed by atoms with Gasteiger partial charge in [-0.3, -0.25) is 0 Å². The second kappa shape index (κ2) is 4.58. The van der Waals surface area contributed by atoms with Crippen LogP contribution in [-0.2, 0) is 0 Å². The van der Waals surface area contributed by atoms with Crippen LogP contribution in [0.2, 0.25) is 5.02 Å². The predicted molar refractivity (Wildman–Crippen MR) is 51.3 cm³/mol. The van der Waals surface area contributed by atoms with Crippen LogP contribution in [0.25, 0.3) is 0 Å². The van der Waals surface area contributed by atoms with Crippen molar-refractivity contribution in [3.63, 3.8) is 0 Å². The third kappa shape index (κ3) is 2.68. The zero-order valence-corrected chi connectivity index (χ0v) is 8.18. The van der Waals surface area contributed by atoms with E-state index in [0.29, 0.717) is 12.0 Å². The Morgan fingerprint density at radius 2 is 2.23 bits per heavy atom. The molecule has 1 atom stereocenters. The molecule has 1 aromatic carbocycles. The largest absolute Gasteiger partial charge is 0.388 e. The molecule has 0 saturated heterocycles. The summed E-state index contributed by atoms with van der Waals surface area (Å²) in [6.07, 6.45) is 1.01. The van der Waals surface area contributed by atoms with Crippen molar-refractivity contribution in [3.05, 3.63) is 34.6 Å². The lowest BCUT2D eigenvalue weighted by Gasteiger charge is -2.09. The maximum Gasteiger partial charge on any atom is 0.141 e. The first-order valence-electron chi connectivity index (χ1n) is 4.28. The van der Waals surface area contributed by atoms with Crippen molar-refractivity contribution < 1.29 is 9.50 Å². The molecule has 0 aromatic heterocycles. The molecule has 0 unspecified atom stereocenters. The summed E-state index contributed by atoms with van der Waals surface area (Å²) in [5.41, 5.74) is 0.674. The fraction of sp³-hybridized carbons (Fsp3) is 0.400. The van der Waals surface area contributed by atoms with Crippen molar-refractivity contribution in [1.29, 1.82) is 0 Å². The van der Waals surface area contributed by atoms with E-state index >= 15 is 0 Å². The zero-order valence-electron chi connectivity index (χ0n) is 7.43. The SMILES string of the molecule is CCC[C@H](O)c1ccc(F)c(Cl)c1. The Labute approximate surface area is 82.2 Å². The monoisotopic (exact) mass is 202 g/mol. The zero-order chi connectivity index (χ0) is 9.84. The van der Waals surface area contributed by atoms with E-state index in [1.54, 1.807) is 6.07 Å². The highest BCUT2D eigenvalue weighted by Crippen LogP contribution is 2.23. The predicted octanol–water partition coefficient (Wildman–Crippen LogP) is 3.31. The van der Waals surface area contributed by atoms with E-state index in [0.717, 1.165) is 6.42 Å². The molecule has 0 aliphatic heterocycles. The van der Waals surface area contributed by atoms with Crippen molar-refractivity contribution in [3.8, 4) is 0 Å². The molecule has 0 fully saturated rings. The van der Waals surface area contributed by atoms with Gasteiger partial charge in [0.2, 0.25) is 0 Å². The Balaban J connectivity index is 2.84. The minimum absolute atomic E-state index is 0.0626. The molecule has 0 aliphatic carbocycles. The summed E-state index contributed by atoms with van der Waals surface area (Å²) in [6, 6.07) is 4.30. The van der Waals surface area contributed by atoms with Gasteiger partial charge in [-0.05, 0) is 24.1 Å². The van der Waals surface area contributed by atoms with E-state index in [1.807, 2.05) is 6.92 Å². The summed E-state index contributed by atoms with van der Waals surface area (Å²) < 4.78 is 12.7. The van der Waals surface area contributed by atoms with Crippen LogP contribution < -0.4 is 0 Å². The first-order valence-corrected chi connectivity index (χ1v) is 4.66. The summed E-state index contributed by atoms with van der Waals surface area (Å²) in [5.74, 6) is -0.450. The third-order valence-corrected chi connectivity index (χ3v) is 2.18. The fourth-order valence-corrected chi connectivity index (χ4v) is 1.35. The molecule has 0 saturated carbocycles. The van der Waals surface area contributed by atoms with Crippen molar-refractivity contribution in [2.24, 2.45) is 0 Å². The number of aliphatic hydroxyl groups is 1. The van der Waals surface area contributed by atoms with E-state index in [9.17, 15) is 9.50 Å². The van der Waals surface area contributed by atoms with Gasteiger partial charge in [0.1, 0.15) is 5.82 Å². The van der Waals surface area contributed by atoms with Gasteiger partial charge in [-0.25, -0.2) is 4.39 Å². The lowest BCUT2D eigenvalue weighted by Crippen LogP contribution is -1.96. The second-order valence-electron chi connectivity index (χ2n) is 2.98. The van der Waals surface area contributed by atoms with Crippen LogP contribution in [0.15, 0.2) is 18.2 Å². The molecule has 1 aromatic rings. The molecule has 0 aliphatic rings. The van der Waals surface area contributed by atoms with Crippen molar-refractivity contribution in [2.45, 2.75) is 25.9 Å². The van der Waals surface area contributed by atoms with Crippen LogP contribution in [0.5, 0.6) is 0 Å². The van der Waals surface area contributed by atoms with Crippen molar-refractivity contribution >= 4 is 11.6 Å². The number of benzene rings is 1. The van der Waals surface area contributed by atoms with Crippen LogP contribution in [0.1, 0.15) is 31.4 Å². The molecule has 72 valence electrons. The smallest absolute Gasteiger partial charge is 0.141 e. The van der Waals surface area contributed by atoms with Crippen LogP contribution in [0.4, 0.5) is 4.39 Å². The Bertz CT molecular complexity index is 288. The number of rotatable bonds is 3. The standard InChI is InChI=1S/C10H12ClFO/c1-2-3-10(13)7-4-5-9(12)8(11)6-7/h4-6,10,13H,2-3H2,1H3/t10-/m0/s1. The maximum absolute atomic E-state index is 12.7. The van der Waals surface area contributed by atoms with Gasteiger partial charge in [0, 0.05) is 0 Å². The molecule has 0 spiro atoms. The quantitative estimate of drug-likeness (QED) is 0.798. The first-order chi connectivity index (χ1) is 6.15. The summed E-state index contributed by atoms with van der Waals surface area (Å²) in [6.45, 7) is 1.98. The molecule has 3 heteroatoms. The minimum atomic E-state index is -0.539. The van der Waals surface area contributed by atoms with Gasteiger partial charge in [0.15, 0.2) is 0 Å². The average molecular weight is 203 g/mol. The Kier molecular flexibility index (Phi) is 3.70. The first kappa shape index (κ1) is 10.5. The Hall–Kier alpha value is -0.600. The van der Waals surface area contributed by atoms with E-state index in [4.69, 9.17) is 11.6 Å². The molecule has 13 heavy (non-hydrogen) atoms. The van der Waals surface area contributed by atoms with E-state index in [2.05, 4.69) is 0 Å². The molecular formula is C10H12ClFO. The maximum atomic E-state index is 12.7. The molecule has 0 radical (unpaired) electrons. The van der Waals surface area contributed by atoms with Crippen LogP contribution >= 0.6 is 11.6 Å². The van der Waals surface area contributed by atoms with Crippen LogP contribution in [-0.4, -0.2) is 5.11 Å². The lowest BCUT2D eigenvalue weighted by atomic mass is 10.1. The Morgan fingerprint density at radius 3 is 2.77 bits per heavy atom. The lowest BCUT2D eigenvalue weighted by molar-refractivity contribution is 0.166. The van der Waals surface area contributed by atoms with Crippen LogP contribution in [0, 0.1) is 5.82 Å². The highest BCUT2D eigenvalue weighted by atomic mass is 35.5. The van der Waals surface area contributed by atoms with E-state index < -0.39 is 11.9 Å². The molecular weight excluding hydrogens is 191 g/mol. The van der Waals surface area contributed by atoms with Gasteiger partial charge in [-0.1, -0.05) is 31.0 Å². The number of halogens is 2. The van der Waals surface area contributed by atoms with Gasteiger partial charge in [-0.2, -0.15) is 0 Å². The summed E-state index contributed by atoms with van der Waals surface area (Å²) in [7, 11) is 0. The second-order valence-corrected chi connectivity index (χ2v) is 3.39. The van der Waals surface area contributed by atoms with Crippen molar-refractivity contribution in [1.82, 2.24) is 0 Å². The van der Waals surface area contributed by atoms with Gasteiger partial charge < -0.3 is 5.11 Å². The van der Waals surface area contributed by atoms with Gasteiger partial charge in [0.05, 0.1) is 11.1 Å².